The van der Waals surface area contributed by atoms with Crippen molar-refractivity contribution in [3.63, 3.8) is 0 Å². The molecule has 0 aromatic carbocycles. The Morgan fingerprint density at radius 3 is 2.59 bits per heavy atom. The van der Waals surface area contributed by atoms with Gasteiger partial charge in [0.25, 0.3) is 0 Å². The Morgan fingerprint density at radius 2 is 2.18 bits per heavy atom. The zero-order chi connectivity index (χ0) is 12.6. The van der Waals surface area contributed by atoms with Crippen LogP contribution in [0, 0.1) is 0 Å². The average molecular weight is 315 g/mol. The van der Waals surface area contributed by atoms with Gasteiger partial charge in [-0.1, -0.05) is 15.9 Å². The molecule has 1 saturated heterocycles. The zero-order valence-electron chi connectivity index (χ0n) is 8.92. The number of alkyl halides is 4. The van der Waals surface area contributed by atoms with E-state index in [1.165, 1.54) is 7.05 Å². The van der Waals surface area contributed by atoms with Crippen molar-refractivity contribution in [1.82, 2.24) is 9.78 Å². The predicted molar refractivity (Wildman–Crippen MR) is 56.1 cm³/mol. The third-order valence-corrected chi connectivity index (χ3v) is 2.94. The summed E-state index contributed by atoms with van der Waals surface area (Å²) in [4.78, 5) is 0. The summed E-state index contributed by atoms with van der Waals surface area (Å²) < 4.78 is 49.5. The fourth-order valence-corrected chi connectivity index (χ4v) is 1.99. The molecule has 0 amide bonds. The smallest absolute Gasteiger partial charge is 0.435 e. The molecule has 2 rings (SSSR count). The van der Waals surface area contributed by atoms with Crippen LogP contribution in [0.4, 0.5) is 13.2 Å². The van der Waals surface area contributed by atoms with Crippen LogP contribution in [0.3, 0.4) is 0 Å². The highest BCUT2D eigenvalue weighted by Gasteiger charge is 2.39. The van der Waals surface area contributed by atoms with Crippen molar-refractivity contribution in [3.8, 4) is 5.88 Å². The highest BCUT2D eigenvalue weighted by molar-refractivity contribution is 9.08. The maximum atomic E-state index is 12.7. The molecule has 0 spiro atoms. The first-order valence-corrected chi connectivity index (χ1v) is 5.99. The first kappa shape index (κ1) is 12.7. The lowest BCUT2D eigenvalue weighted by molar-refractivity contribution is -0.142. The molecule has 0 aliphatic carbocycles. The van der Waals surface area contributed by atoms with E-state index in [2.05, 4.69) is 21.0 Å². The summed E-state index contributed by atoms with van der Waals surface area (Å²) in [6.07, 6.45) is -4.66. The topological polar surface area (TPSA) is 36.3 Å². The van der Waals surface area contributed by atoms with E-state index < -0.39 is 11.9 Å². The van der Waals surface area contributed by atoms with Gasteiger partial charge in [-0.05, 0) is 0 Å². The maximum absolute atomic E-state index is 12.7. The summed E-state index contributed by atoms with van der Waals surface area (Å²) in [7, 11) is 1.43. The third kappa shape index (κ3) is 2.42. The third-order valence-electron chi connectivity index (χ3n) is 2.38. The molecule has 17 heavy (non-hydrogen) atoms. The SMILES string of the molecule is Cn1nc(C(F)(F)F)c(CBr)c1OC1COC1. The van der Waals surface area contributed by atoms with Gasteiger partial charge in [0.05, 0.1) is 18.8 Å². The Bertz CT molecular complexity index is 415. The average Bonchev–Trinajstić information content (AvgIpc) is 2.48. The molecular formula is C9H10BrF3N2O2. The number of halogens is 4. The minimum atomic E-state index is -4.47. The van der Waals surface area contributed by atoms with Gasteiger partial charge in [-0.15, -0.1) is 0 Å². The summed E-state index contributed by atoms with van der Waals surface area (Å²) >= 11 is 3.03. The van der Waals surface area contributed by atoms with E-state index in [1.54, 1.807) is 0 Å². The number of aryl methyl sites for hydroxylation is 1. The van der Waals surface area contributed by atoms with Crippen molar-refractivity contribution < 1.29 is 22.6 Å². The molecule has 96 valence electrons. The number of ether oxygens (including phenoxy) is 2. The molecular weight excluding hydrogens is 305 g/mol. The van der Waals surface area contributed by atoms with Crippen molar-refractivity contribution in [2.24, 2.45) is 7.05 Å². The molecule has 0 N–H and O–H groups in total. The monoisotopic (exact) mass is 314 g/mol. The van der Waals surface area contributed by atoms with Gasteiger partial charge in [-0.25, -0.2) is 4.68 Å². The maximum Gasteiger partial charge on any atom is 0.435 e. The molecule has 1 fully saturated rings. The van der Waals surface area contributed by atoms with E-state index in [4.69, 9.17) is 9.47 Å². The second-order valence-electron chi connectivity index (χ2n) is 3.66. The Hall–Kier alpha value is -0.760. The number of hydrogen-bond acceptors (Lipinski definition) is 3. The van der Waals surface area contributed by atoms with E-state index >= 15 is 0 Å². The second-order valence-corrected chi connectivity index (χ2v) is 4.23. The lowest BCUT2D eigenvalue weighted by Crippen LogP contribution is -2.39. The van der Waals surface area contributed by atoms with E-state index in [9.17, 15) is 13.2 Å². The molecule has 8 heteroatoms. The number of aromatic nitrogens is 2. The number of nitrogens with zero attached hydrogens (tertiary/aromatic N) is 2. The summed E-state index contributed by atoms with van der Waals surface area (Å²) in [5.74, 6) is 0.141. The van der Waals surface area contributed by atoms with Crippen molar-refractivity contribution >= 4 is 15.9 Å². The summed E-state index contributed by atoms with van der Waals surface area (Å²) in [5, 5.41) is 3.50. The molecule has 1 aliphatic heterocycles. The van der Waals surface area contributed by atoms with Crippen LogP contribution in [0.1, 0.15) is 11.3 Å². The van der Waals surface area contributed by atoms with Crippen LogP contribution in [0.2, 0.25) is 0 Å². The molecule has 1 aliphatic rings. The minimum absolute atomic E-state index is 0.0203. The van der Waals surface area contributed by atoms with Gasteiger partial charge >= 0.3 is 6.18 Å². The van der Waals surface area contributed by atoms with Crippen molar-refractivity contribution in [2.75, 3.05) is 13.2 Å². The van der Waals surface area contributed by atoms with Crippen LogP contribution in [0.25, 0.3) is 0 Å². The van der Waals surface area contributed by atoms with Gasteiger partial charge in [0.1, 0.15) is 6.10 Å². The van der Waals surface area contributed by atoms with Crippen LogP contribution in [0.15, 0.2) is 0 Å². The molecule has 1 aromatic rings. The van der Waals surface area contributed by atoms with E-state index in [1.807, 2.05) is 0 Å². The largest absolute Gasteiger partial charge is 0.469 e. The fourth-order valence-electron chi connectivity index (χ4n) is 1.49. The van der Waals surface area contributed by atoms with Crippen LogP contribution >= 0.6 is 15.9 Å². The Balaban J connectivity index is 2.33. The fraction of sp³-hybridized carbons (Fsp3) is 0.667. The highest BCUT2D eigenvalue weighted by Crippen LogP contribution is 2.37. The number of hydrogen-bond donors (Lipinski definition) is 0. The van der Waals surface area contributed by atoms with Crippen molar-refractivity contribution in [3.05, 3.63) is 11.3 Å². The van der Waals surface area contributed by atoms with Gasteiger partial charge in [0.15, 0.2) is 5.69 Å². The van der Waals surface area contributed by atoms with Gasteiger partial charge in [-0.3, -0.25) is 0 Å². The Kier molecular flexibility index (Phi) is 3.35. The Morgan fingerprint density at radius 1 is 1.53 bits per heavy atom. The molecule has 0 unspecified atom stereocenters. The van der Waals surface area contributed by atoms with E-state index in [-0.39, 0.29) is 22.9 Å². The normalized spacial score (nSPS) is 17.0. The predicted octanol–water partition coefficient (Wildman–Crippen LogP) is 2.11. The van der Waals surface area contributed by atoms with Gasteiger partial charge in [0.2, 0.25) is 5.88 Å². The van der Waals surface area contributed by atoms with Gasteiger partial charge in [-0.2, -0.15) is 18.3 Å². The second kappa shape index (κ2) is 4.49. The molecule has 0 radical (unpaired) electrons. The van der Waals surface area contributed by atoms with Gasteiger partial charge in [0, 0.05) is 12.4 Å². The minimum Gasteiger partial charge on any atom is -0.469 e. The first-order valence-electron chi connectivity index (χ1n) is 4.87. The van der Waals surface area contributed by atoms with E-state index in [0.717, 1.165) is 4.68 Å². The van der Waals surface area contributed by atoms with Crippen LogP contribution in [-0.4, -0.2) is 29.1 Å². The molecule has 0 atom stereocenters. The van der Waals surface area contributed by atoms with Gasteiger partial charge < -0.3 is 9.47 Å². The molecule has 1 aromatic heterocycles. The molecule has 0 saturated carbocycles. The lowest BCUT2D eigenvalue weighted by Gasteiger charge is -2.26. The highest BCUT2D eigenvalue weighted by atomic mass is 79.9. The summed E-state index contributed by atoms with van der Waals surface area (Å²) in [6, 6.07) is 0. The van der Waals surface area contributed by atoms with E-state index in [0.29, 0.717) is 13.2 Å². The first-order chi connectivity index (χ1) is 7.93. The van der Waals surface area contributed by atoms with Crippen molar-refractivity contribution in [1.29, 1.82) is 0 Å². The van der Waals surface area contributed by atoms with Crippen LogP contribution < -0.4 is 4.74 Å². The van der Waals surface area contributed by atoms with Crippen LogP contribution in [0.5, 0.6) is 5.88 Å². The van der Waals surface area contributed by atoms with Crippen LogP contribution in [-0.2, 0) is 23.3 Å². The zero-order valence-corrected chi connectivity index (χ0v) is 10.5. The summed E-state index contributed by atoms with van der Waals surface area (Å²) in [5.41, 5.74) is -0.890. The number of rotatable bonds is 3. The molecule has 0 bridgehead atoms. The summed E-state index contributed by atoms with van der Waals surface area (Å²) in [6.45, 7) is 0.794. The van der Waals surface area contributed by atoms with Crippen molar-refractivity contribution in [2.45, 2.75) is 17.6 Å². The standard InChI is InChI=1S/C9H10BrF3N2O2/c1-15-8(17-5-3-16-4-5)6(2-10)7(14-15)9(11,12)13/h5H,2-4H2,1H3. The Labute approximate surface area is 104 Å². The molecule has 4 nitrogen and oxygen atoms in total. The lowest BCUT2D eigenvalue weighted by atomic mass is 10.2. The quantitative estimate of drug-likeness (QED) is 0.802. The molecule has 2 heterocycles.